The molecule has 0 radical (unpaired) electrons. The lowest BCUT2D eigenvalue weighted by Crippen LogP contribution is -2.53. The van der Waals surface area contributed by atoms with Gasteiger partial charge in [-0.1, -0.05) is 43.7 Å². The Balaban J connectivity index is 2.07. The van der Waals surface area contributed by atoms with Crippen molar-refractivity contribution in [2.24, 2.45) is 0 Å². The van der Waals surface area contributed by atoms with Crippen LogP contribution in [0.3, 0.4) is 0 Å². The molecule has 2 atom stereocenters. The van der Waals surface area contributed by atoms with Gasteiger partial charge >= 0.3 is 0 Å². The van der Waals surface area contributed by atoms with Crippen LogP contribution in [0.4, 0.5) is 0 Å². The molecule has 0 aromatic heterocycles. The summed E-state index contributed by atoms with van der Waals surface area (Å²) in [5, 5.41) is 14.3. The largest absolute Gasteiger partial charge is 0.388 e. The number of piperidine rings is 1. The summed E-state index contributed by atoms with van der Waals surface area (Å²) in [7, 11) is 0. The quantitative estimate of drug-likeness (QED) is 0.837. The number of hydrogen-bond donors (Lipinski definition) is 2. The van der Waals surface area contributed by atoms with Gasteiger partial charge in [-0.05, 0) is 31.4 Å². The van der Waals surface area contributed by atoms with Gasteiger partial charge in [0, 0.05) is 12.5 Å². The van der Waals surface area contributed by atoms with Crippen LogP contribution >= 0.6 is 0 Å². The van der Waals surface area contributed by atoms with Crippen molar-refractivity contribution in [1.29, 1.82) is 0 Å². The Kier molecular flexibility index (Phi) is 4.19. The third kappa shape index (κ3) is 3.08. The molecule has 1 heterocycles. The molecule has 94 valence electrons. The van der Waals surface area contributed by atoms with Gasteiger partial charge in [0.25, 0.3) is 0 Å². The molecule has 2 N–H and O–H groups in total. The Bertz CT molecular complexity index is 332. The summed E-state index contributed by atoms with van der Waals surface area (Å²) in [6, 6.07) is 10.6. The molecule has 0 amide bonds. The van der Waals surface area contributed by atoms with Crippen molar-refractivity contribution >= 4 is 0 Å². The van der Waals surface area contributed by atoms with E-state index >= 15 is 0 Å². The summed E-state index contributed by atoms with van der Waals surface area (Å²) in [6.07, 6.45) is 5.12. The standard InChI is InChI=1S/C15H23NO/c1-2-15(17,14-10-6-7-11-16-14)12-13-8-4-3-5-9-13/h3-5,8-9,14,16-17H,2,6-7,10-12H2,1H3. The maximum Gasteiger partial charge on any atom is 0.0837 e. The minimum absolute atomic E-state index is 0.251. The van der Waals surface area contributed by atoms with Crippen LogP contribution in [0.2, 0.25) is 0 Å². The monoisotopic (exact) mass is 233 g/mol. The molecule has 1 aromatic carbocycles. The summed E-state index contributed by atoms with van der Waals surface area (Å²) >= 11 is 0. The number of rotatable bonds is 4. The predicted molar refractivity (Wildman–Crippen MR) is 71.0 cm³/mol. The average Bonchev–Trinajstić information content (AvgIpc) is 2.41. The van der Waals surface area contributed by atoms with E-state index in [-0.39, 0.29) is 6.04 Å². The first-order chi connectivity index (χ1) is 8.24. The fourth-order valence-corrected chi connectivity index (χ4v) is 2.75. The van der Waals surface area contributed by atoms with E-state index < -0.39 is 5.60 Å². The Morgan fingerprint density at radius 2 is 2.06 bits per heavy atom. The lowest BCUT2D eigenvalue weighted by Gasteiger charge is -2.38. The van der Waals surface area contributed by atoms with Crippen molar-refractivity contribution in [1.82, 2.24) is 5.32 Å². The molecule has 1 aliphatic heterocycles. The Labute approximate surface area is 104 Å². The van der Waals surface area contributed by atoms with Crippen LogP contribution in [-0.4, -0.2) is 23.3 Å². The Morgan fingerprint density at radius 1 is 1.29 bits per heavy atom. The van der Waals surface area contributed by atoms with E-state index in [1.807, 2.05) is 18.2 Å². The fourth-order valence-electron chi connectivity index (χ4n) is 2.75. The maximum absolute atomic E-state index is 10.8. The first-order valence-corrected chi connectivity index (χ1v) is 6.74. The second kappa shape index (κ2) is 5.65. The third-order valence-corrected chi connectivity index (χ3v) is 3.92. The van der Waals surface area contributed by atoms with Gasteiger partial charge in [-0.3, -0.25) is 0 Å². The lowest BCUT2D eigenvalue weighted by atomic mass is 9.81. The van der Waals surface area contributed by atoms with E-state index in [2.05, 4.69) is 24.4 Å². The summed E-state index contributed by atoms with van der Waals surface area (Å²) < 4.78 is 0. The van der Waals surface area contributed by atoms with Crippen LogP contribution in [0.1, 0.15) is 38.2 Å². The molecule has 17 heavy (non-hydrogen) atoms. The molecule has 0 aliphatic carbocycles. The second-order valence-corrected chi connectivity index (χ2v) is 5.12. The highest BCUT2D eigenvalue weighted by Gasteiger charge is 2.35. The molecule has 0 spiro atoms. The van der Waals surface area contributed by atoms with E-state index in [1.54, 1.807) is 0 Å². The summed E-state index contributed by atoms with van der Waals surface area (Å²) in [5.74, 6) is 0. The number of hydrogen-bond acceptors (Lipinski definition) is 2. The Hall–Kier alpha value is -0.860. The lowest BCUT2D eigenvalue weighted by molar-refractivity contribution is -0.0104. The highest BCUT2D eigenvalue weighted by atomic mass is 16.3. The number of nitrogens with one attached hydrogen (secondary N) is 1. The van der Waals surface area contributed by atoms with Crippen molar-refractivity contribution in [2.45, 2.75) is 50.7 Å². The highest BCUT2D eigenvalue weighted by Crippen LogP contribution is 2.26. The molecule has 1 aromatic rings. The van der Waals surface area contributed by atoms with Crippen LogP contribution in [0.15, 0.2) is 30.3 Å². The molecular formula is C15H23NO. The van der Waals surface area contributed by atoms with Crippen molar-refractivity contribution in [3.05, 3.63) is 35.9 Å². The van der Waals surface area contributed by atoms with Gasteiger partial charge < -0.3 is 10.4 Å². The molecule has 2 unspecified atom stereocenters. The first kappa shape index (κ1) is 12.6. The van der Waals surface area contributed by atoms with Crippen LogP contribution in [0.5, 0.6) is 0 Å². The molecule has 0 saturated carbocycles. The van der Waals surface area contributed by atoms with Gasteiger partial charge in [0.15, 0.2) is 0 Å². The maximum atomic E-state index is 10.8. The van der Waals surface area contributed by atoms with Gasteiger partial charge in [0.1, 0.15) is 0 Å². The molecular weight excluding hydrogens is 210 g/mol. The molecule has 2 nitrogen and oxygen atoms in total. The minimum Gasteiger partial charge on any atom is -0.388 e. The van der Waals surface area contributed by atoms with Crippen LogP contribution in [0, 0.1) is 0 Å². The van der Waals surface area contributed by atoms with Crippen molar-refractivity contribution < 1.29 is 5.11 Å². The van der Waals surface area contributed by atoms with E-state index in [9.17, 15) is 5.11 Å². The SMILES string of the molecule is CCC(O)(Cc1ccccc1)C1CCCCN1. The normalized spacial score (nSPS) is 24.2. The number of benzene rings is 1. The van der Waals surface area contributed by atoms with Gasteiger partial charge in [0.05, 0.1) is 5.60 Å². The van der Waals surface area contributed by atoms with Crippen molar-refractivity contribution in [3.63, 3.8) is 0 Å². The van der Waals surface area contributed by atoms with Gasteiger partial charge in [-0.2, -0.15) is 0 Å². The zero-order valence-electron chi connectivity index (χ0n) is 10.7. The van der Waals surface area contributed by atoms with Crippen molar-refractivity contribution in [3.8, 4) is 0 Å². The molecule has 2 heteroatoms. The van der Waals surface area contributed by atoms with E-state index in [0.29, 0.717) is 0 Å². The Morgan fingerprint density at radius 3 is 2.65 bits per heavy atom. The summed E-state index contributed by atoms with van der Waals surface area (Å²) in [5.41, 5.74) is 0.631. The van der Waals surface area contributed by atoms with Crippen LogP contribution < -0.4 is 5.32 Å². The minimum atomic E-state index is -0.595. The van der Waals surface area contributed by atoms with Gasteiger partial charge in [0.2, 0.25) is 0 Å². The van der Waals surface area contributed by atoms with Gasteiger partial charge in [-0.25, -0.2) is 0 Å². The average molecular weight is 233 g/mol. The van der Waals surface area contributed by atoms with E-state index in [4.69, 9.17) is 0 Å². The molecule has 1 aliphatic rings. The highest BCUT2D eigenvalue weighted by molar-refractivity contribution is 5.18. The topological polar surface area (TPSA) is 32.3 Å². The number of aliphatic hydroxyl groups is 1. The predicted octanol–water partition coefficient (Wildman–Crippen LogP) is 2.51. The van der Waals surface area contributed by atoms with Crippen LogP contribution in [0.25, 0.3) is 0 Å². The smallest absolute Gasteiger partial charge is 0.0837 e. The molecule has 1 saturated heterocycles. The van der Waals surface area contributed by atoms with Crippen LogP contribution in [-0.2, 0) is 6.42 Å². The third-order valence-electron chi connectivity index (χ3n) is 3.92. The van der Waals surface area contributed by atoms with E-state index in [1.165, 1.54) is 18.4 Å². The molecule has 0 bridgehead atoms. The molecule has 2 rings (SSSR count). The zero-order chi connectivity index (χ0) is 12.1. The summed E-state index contributed by atoms with van der Waals surface area (Å²) in [6.45, 7) is 3.13. The van der Waals surface area contributed by atoms with Gasteiger partial charge in [-0.15, -0.1) is 0 Å². The fraction of sp³-hybridized carbons (Fsp3) is 0.600. The molecule has 1 fully saturated rings. The summed E-state index contributed by atoms with van der Waals surface area (Å²) in [4.78, 5) is 0. The zero-order valence-corrected chi connectivity index (χ0v) is 10.7. The van der Waals surface area contributed by atoms with Crippen molar-refractivity contribution in [2.75, 3.05) is 6.54 Å². The first-order valence-electron chi connectivity index (χ1n) is 6.74. The second-order valence-electron chi connectivity index (χ2n) is 5.12. The van der Waals surface area contributed by atoms with E-state index in [0.717, 1.165) is 25.8 Å².